The van der Waals surface area contributed by atoms with Gasteiger partial charge >= 0.3 is 6.03 Å². The monoisotopic (exact) mass is 710 g/mol. The van der Waals surface area contributed by atoms with Gasteiger partial charge in [-0.15, -0.1) is 0 Å². The van der Waals surface area contributed by atoms with Gasteiger partial charge in [0, 0.05) is 44.0 Å². The van der Waals surface area contributed by atoms with Gasteiger partial charge < -0.3 is 34.9 Å². The van der Waals surface area contributed by atoms with E-state index in [0.29, 0.717) is 35.9 Å². The number of fused-ring (bicyclic) bond motifs is 1. The third kappa shape index (κ3) is 10.2. The lowest BCUT2D eigenvalue weighted by atomic mass is 10.0. The second-order valence-corrected chi connectivity index (χ2v) is 15.0. The maximum atomic E-state index is 14.4. The molecule has 0 radical (unpaired) electrons. The van der Waals surface area contributed by atoms with E-state index < -0.39 is 34.1 Å². The van der Waals surface area contributed by atoms with E-state index in [1.54, 1.807) is 85.7 Å². The third-order valence-corrected chi connectivity index (χ3v) is 10.7. The highest BCUT2D eigenvalue weighted by Gasteiger charge is 2.32. The lowest BCUT2D eigenvalue weighted by Crippen LogP contribution is -2.48. The highest BCUT2D eigenvalue weighted by Crippen LogP contribution is 2.29. The molecule has 0 fully saturated rings. The number of hydrogen-bond donors (Lipinski definition) is 3. The standard InChI is InChI=1S/C37H50N4O8S/c1-25-10-17-32(18-11-25)50(45,46)40(5)23-35-26(2)22-41(27(3)24-42)36(43)33-21-30(14-19-34(33)49-28(4)9-7-8-20-48-35)39-37(44)38-29-12-15-31(47-6)16-13-29/h10-19,21,26-28,35,42H,7-9,20,22-24H2,1-6H3,(H2,38,39,44)/t26-,27+,28+,35+/m1/s1. The molecule has 50 heavy (non-hydrogen) atoms. The zero-order chi connectivity index (χ0) is 36.4. The van der Waals surface area contributed by atoms with E-state index in [-0.39, 0.29) is 42.2 Å². The molecule has 1 aliphatic rings. The Kier molecular flexibility index (Phi) is 13.6. The number of nitrogens with one attached hydrogen (secondary N) is 2. The third-order valence-electron chi connectivity index (χ3n) is 8.82. The number of carbonyl (C=O) groups is 2. The van der Waals surface area contributed by atoms with Crippen LogP contribution in [0.4, 0.5) is 16.2 Å². The smallest absolute Gasteiger partial charge is 0.323 e. The summed E-state index contributed by atoms with van der Waals surface area (Å²) in [4.78, 5) is 29.0. The molecule has 1 aliphatic heterocycles. The van der Waals surface area contributed by atoms with E-state index in [1.165, 1.54) is 11.4 Å². The van der Waals surface area contributed by atoms with Crippen molar-refractivity contribution in [3.63, 3.8) is 0 Å². The van der Waals surface area contributed by atoms with Crippen LogP contribution in [0.2, 0.25) is 0 Å². The molecule has 3 N–H and O–H groups in total. The molecule has 1 heterocycles. The Balaban J connectivity index is 1.61. The predicted octanol–water partition coefficient (Wildman–Crippen LogP) is 5.76. The molecule has 12 nitrogen and oxygen atoms in total. The molecule has 4 rings (SSSR count). The number of aryl methyl sites for hydroxylation is 1. The summed E-state index contributed by atoms with van der Waals surface area (Å²) in [5.74, 6) is 0.283. The van der Waals surface area contributed by atoms with Crippen LogP contribution in [0, 0.1) is 12.8 Å². The number of anilines is 2. The van der Waals surface area contributed by atoms with Crippen LogP contribution in [-0.4, -0.2) is 93.4 Å². The van der Waals surface area contributed by atoms with Crippen molar-refractivity contribution >= 4 is 33.3 Å². The molecule has 3 aromatic carbocycles. The topological polar surface area (TPSA) is 147 Å². The van der Waals surface area contributed by atoms with Crippen LogP contribution in [0.25, 0.3) is 0 Å². The van der Waals surface area contributed by atoms with Crippen molar-refractivity contribution in [3.8, 4) is 11.5 Å². The minimum absolute atomic E-state index is 0.0698. The first kappa shape index (κ1) is 38.6. The number of benzene rings is 3. The highest BCUT2D eigenvalue weighted by atomic mass is 32.2. The molecule has 13 heteroatoms. The molecule has 3 aromatic rings. The lowest BCUT2D eigenvalue weighted by molar-refractivity contribution is -0.00833. The van der Waals surface area contributed by atoms with Crippen molar-refractivity contribution in [3.05, 3.63) is 77.9 Å². The van der Waals surface area contributed by atoms with Gasteiger partial charge in [0.2, 0.25) is 10.0 Å². The highest BCUT2D eigenvalue weighted by molar-refractivity contribution is 7.89. The van der Waals surface area contributed by atoms with E-state index in [9.17, 15) is 23.1 Å². The molecule has 0 saturated carbocycles. The van der Waals surface area contributed by atoms with Crippen molar-refractivity contribution in [2.24, 2.45) is 5.92 Å². The maximum absolute atomic E-state index is 14.4. The normalized spacial score (nSPS) is 19.9. The number of carbonyl (C=O) groups excluding carboxylic acids is 2. The number of sulfonamides is 1. The van der Waals surface area contributed by atoms with E-state index >= 15 is 0 Å². The fourth-order valence-corrected chi connectivity index (χ4v) is 6.86. The molecule has 272 valence electrons. The number of rotatable bonds is 9. The van der Waals surface area contributed by atoms with Gasteiger partial charge in [-0.1, -0.05) is 24.6 Å². The molecule has 0 aliphatic carbocycles. The Morgan fingerprint density at radius 1 is 1.04 bits per heavy atom. The first-order valence-corrected chi connectivity index (χ1v) is 18.4. The number of methoxy groups -OCH3 is 1. The summed E-state index contributed by atoms with van der Waals surface area (Å²) in [5.41, 5.74) is 2.11. The van der Waals surface area contributed by atoms with Crippen LogP contribution in [0.1, 0.15) is 56.0 Å². The fourth-order valence-electron chi connectivity index (χ4n) is 5.67. The van der Waals surface area contributed by atoms with Crippen LogP contribution in [0.3, 0.4) is 0 Å². The second-order valence-electron chi connectivity index (χ2n) is 12.9. The Morgan fingerprint density at radius 2 is 1.70 bits per heavy atom. The number of likely N-dealkylation sites (N-methyl/N-ethyl adjacent to an activating group) is 1. The molecule has 0 aromatic heterocycles. The SMILES string of the molecule is COc1ccc(NC(=O)Nc2ccc3c(c2)C(=O)N([C@@H](C)CO)C[C@@H](C)[C@H](CN(C)S(=O)(=O)c2ccc(C)cc2)OCCCC[C@H](C)O3)cc1. The molecular formula is C37H50N4O8S. The van der Waals surface area contributed by atoms with Crippen molar-refractivity contribution in [2.75, 3.05) is 51.1 Å². The number of urea groups is 1. The van der Waals surface area contributed by atoms with Crippen molar-refractivity contribution in [1.82, 2.24) is 9.21 Å². The number of aliphatic hydroxyl groups excluding tert-OH is 1. The number of nitrogens with zero attached hydrogens (tertiary/aromatic N) is 2. The Morgan fingerprint density at radius 3 is 2.36 bits per heavy atom. The second kappa shape index (κ2) is 17.7. The van der Waals surface area contributed by atoms with Gasteiger partial charge in [0.1, 0.15) is 11.5 Å². The molecular weight excluding hydrogens is 660 g/mol. The molecule has 0 bridgehead atoms. The van der Waals surface area contributed by atoms with E-state index in [4.69, 9.17) is 14.2 Å². The van der Waals surface area contributed by atoms with E-state index in [2.05, 4.69) is 10.6 Å². The minimum atomic E-state index is -3.80. The van der Waals surface area contributed by atoms with Crippen LogP contribution in [-0.2, 0) is 14.8 Å². The largest absolute Gasteiger partial charge is 0.497 e. The summed E-state index contributed by atoms with van der Waals surface area (Å²) in [6, 6.07) is 17.4. The summed E-state index contributed by atoms with van der Waals surface area (Å²) in [5, 5.41) is 15.8. The average Bonchev–Trinajstić information content (AvgIpc) is 3.09. The number of hydrogen-bond acceptors (Lipinski definition) is 8. The van der Waals surface area contributed by atoms with Gasteiger partial charge in [-0.25, -0.2) is 13.2 Å². The number of aliphatic hydroxyl groups is 1. The fraction of sp³-hybridized carbons (Fsp3) is 0.459. The molecule has 3 amide bonds. The lowest BCUT2D eigenvalue weighted by Gasteiger charge is -2.35. The zero-order valence-electron chi connectivity index (χ0n) is 29.7. The van der Waals surface area contributed by atoms with Gasteiger partial charge in [0.15, 0.2) is 0 Å². The minimum Gasteiger partial charge on any atom is -0.497 e. The van der Waals surface area contributed by atoms with E-state index in [0.717, 1.165) is 18.4 Å². The maximum Gasteiger partial charge on any atom is 0.323 e. The Hall–Kier alpha value is -4.17. The molecule has 0 unspecified atom stereocenters. The van der Waals surface area contributed by atoms with Gasteiger partial charge in [-0.3, -0.25) is 4.79 Å². The quantitative estimate of drug-likeness (QED) is 0.254. The van der Waals surface area contributed by atoms with E-state index in [1.807, 2.05) is 20.8 Å². The van der Waals surface area contributed by atoms with Gasteiger partial charge in [0.25, 0.3) is 5.91 Å². The summed E-state index contributed by atoms with van der Waals surface area (Å²) in [6.45, 7) is 7.82. The van der Waals surface area contributed by atoms with Gasteiger partial charge in [-0.05, 0) is 94.6 Å². The summed E-state index contributed by atoms with van der Waals surface area (Å²) in [6.07, 6.45) is 1.44. The Bertz CT molecular complexity index is 1680. The van der Waals surface area contributed by atoms with Crippen LogP contribution < -0.4 is 20.1 Å². The molecule has 0 saturated heterocycles. The van der Waals surface area contributed by atoms with Crippen LogP contribution in [0.15, 0.2) is 71.6 Å². The first-order valence-electron chi connectivity index (χ1n) is 16.9. The molecule has 0 spiro atoms. The van der Waals surface area contributed by atoms with Gasteiger partial charge in [0.05, 0.1) is 42.4 Å². The molecule has 4 atom stereocenters. The summed E-state index contributed by atoms with van der Waals surface area (Å²) >= 11 is 0. The average molecular weight is 711 g/mol. The Labute approximate surface area is 295 Å². The zero-order valence-corrected chi connectivity index (χ0v) is 30.5. The van der Waals surface area contributed by atoms with Gasteiger partial charge in [-0.2, -0.15) is 4.31 Å². The van der Waals surface area contributed by atoms with Crippen LogP contribution in [0.5, 0.6) is 11.5 Å². The first-order chi connectivity index (χ1) is 23.8. The number of amides is 3. The van der Waals surface area contributed by atoms with Crippen molar-refractivity contribution in [2.45, 2.75) is 70.1 Å². The summed E-state index contributed by atoms with van der Waals surface area (Å²) in [7, 11) is -0.706. The van der Waals surface area contributed by atoms with Crippen molar-refractivity contribution < 1.29 is 37.3 Å². The number of ether oxygens (including phenoxy) is 3. The van der Waals surface area contributed by atoms with Crippen LogP contribution >= 0.6 is 0 Å². The van der Waals surface area contributed by atoms with Crippen molar-refractivity contribution in [1.29, 1.82) is 0 Å². The predicted molar refractivity (Wildman–Crippen MR) is 194 cm³/mol. The summed E-state index contributed by atoms with van der Waals surface area (Å²) < 4.78 is 46.1.